The van der Waals surface area contributed by atoms with Crippen LogP contribution in [0.1, 0.15) is 214 Å². The third-order valence-corrected chi connectivity index (χ3v) is 23.0. The van der Waals surface area contributed by atoms with Crippen LogP contribution in [0.15, 0.2) is 346 Å². The molecular weight excluding hydrogens is 1690 g/mol. The van der Waals surface area contributed by atoms with Gasteiger partial charge in [0.1, 0.15) is 50.3 Å². The number of nitrogens with zero attached hydrogens (tertiary/aromatic N) is 7. The highest BCUT2D eigenvalue weighted by molar-refractivity contribution is 7.26. The standard InChI is InChI=1S/C19H16NS.3C17H16N.C16H15N2.C15H14NS.12C2H6.2CH4/c1-13-7-3-4-8-14(13)18-19-16(11-12-20(18)2)15-9-5-6-10-17(15)21-19;1-13-7-3-6-10-16(13)17-11-14-8-4-5-9-15(14)12-18(17)2;1-13-7-3-5-9-15(13)17-16-10-6-4-8-14(16)11-12-18(17)2;1-13-7-3-5-9-15(13)17-12-11-14-8-4-6-10-16(14)18(17)2;1-12-7-3-4-8-13(12)16-14-9-5-6-10-15(14)17-11-18(16)2;1-11-5-3-4-6-13(11)14-15-12(8-10-17-15)7-9-16(14)2;12*1-2;;/h3-12H,1-2H3;3*3-12H,1-2H3;3-11H,1-2H3;3-10H,1-2H3;12*1-2H3;2*1H4/q6*+1;;;;;;;;;;;;;;. The monoisotopic (exact) mass is 1860 g/mol. The van der Waals surface area contributed by atoms with E-state index < -0.39 is 0 Å². The Kier molecular flexibility index (Phi) is 62.9. The van der Waals surface area contributed by atoms with E-state index in [4.69, 9.17) is 0 Å². The summed E-state index contributed by atoms with van der Waals surface area (Å²) >= 11 is 3.70. The Morgan fingerprint density at radius 3 is 1.04 bits per heavy atom. The number of para-hydroxylation sites is 2. The van der Waals surface area contributed by atoms with Gasteiger partial charge in [-0.2, -0.15) is 13.7 Å². The molecule has 0 aliphatic rings. The van der Waals surface area contributed by atoms with E-state index >= 15 is 0 Å². The van der Waals surface area contributed by atoms with Gasteiger partial charge in [-0.3, -0.25) is 0 Å². The molecule has 0 amide bonds. The van der Waals surface area contributed by atoms with Crippen LogP contribution in [0.4, 0.5) is 0 Å². The molecule has 0 fully saturated rings. The predicted molar refractivity (Wildman–Crippen MR) is 612 cm³/mol. The van der Waals surface area contributed by atoms with Gasteiger partial charge >= 0.3 is 0 Å². The van der Waals surface area contributed by atoms with Gasteiger partial charge in [0.25, 0.3) is 6.33 Å². The molecule has 19 aromatic rings. The molecule has 0 radical (unpaired) electrons. The smallest absolute Gasteiger partial charge is 0.232 e. The van der Waals surface area contributed by atoms with Crippen molar-refractivity contribution < 1.29 is 27.4 Å². The summed E-state index contributed by atoms with van der Waals surface area (Å²) in [6, 6.07) is 109. The quantitative estimate of drug-likeness (QED) is 0.153. The largest absolute Gasteiger partial charge is 0.287 e. The van der Waals surface area contributed by atoms with Gasteiger partial charge in [-0.1, -0.05) is 375 Å². The second-order valence-corrected chi connectivity index (χ2v) is 30.3. The highest BCUT2D eigenvalue weighted by atomic mass is 32.1. The van der Waals surface area contributed by atoms with Gasteiger partial charge in [-0.05, 0) is 175 Å². The molecule has 8 heterocycles. The fourth-order valence-corrected chi connectivity index (χ4v) is 17.2. The molecular formula is C127H173N7S2+6. The topological polar surface area (TPSA) is 36.2 Å². The average Bonchev–Trinajstić information content (AvgIpc) is 1.61. The summed E-state index contributed by atoms with van der Waals surface area (Å²) in [5.74, 6) is 0. The van der Waals surface area contributed by atoms with Crippen molar-refractivity contribution in [1.82, 2.24) is 4.98 Å². The fourth-order valence-electron chi connectivity index (χ4n) is 14.9. The van der Waals surface area contributed by atoms with Gasteiger partial charge in [0, 0.05) is 90.3 Å². The van der Waals surface area contributed by atoms with Crippen LogP contribution in [0.3, 0.4) is 0 Å². The highest BCUT2D eigenvalue weighted by Crippen LogP contribution is 2.39. The second kappa shape index (κ2) is 69.3. The summed E-state index contributed by atoms with van der Waals surface area (Å²) in [4.78, 5) is 4.46. The lowest BCUT2D eigenvalue weighted by molar-refractivity contribution is -0.662. The van der Waals surface area contributed by atoms with Crippen LogP contribution in [0.2, 0.25) is 0 Å². The summed E-state index contributed by atoms with van der Waals surface area (Å²) in [7, 11) is 12.6. The van der Waals surface area contributed by atoms with Crippen molar-refractivity contribution in [1.29, 1.82) is 0 Å². The third kappa shape index (κ3) is 32.9. The Labute approximate surface area is 834 Å². The molecule has 0 unspecified atom stereocenters. The summed E-state index contributed by atoms with van der Waals surface area (Å²) in [6.07, 6.45) is 10.5. The van der Waals surface area contributed by atoms with E-state index in [1.165, 1.54) is 169 Å². The molecule has 0 N–H and O–H groups in total. The van der Waals surface area contributed by atoms with Gasteiger partial charge in [-0.15, -0.1) is 22.7 Å². The number of hydrogen-bond donors (Lipinski definition) is 0. The number of benzene rings is 11. The lowest BCUT2D eigenvalue weighted by Gasteiger charge is -2.08. The molecule has 8 aromatic heterocycles. The van der Waals surface area contributed by atoms with E-state index in [1.54, 1.807) is 0 Å². The Balaban J connectivity index is 0.00000153. The van der Waals surface area contributed by atoms with Crippen molar-refractivity contribution in [2.45, 2.75) is 223 Å². The molecule has 722 valence electrons. The van der Waals surface area contributed by atoms with E-state index in [1.807, 2.05) is 208 Å². The maximum absolute atomic E-state index is 4.46. The van der Waals surface area contributed by atoms with Crippen LogP contribution in [0.5, 0.6) is 0 Å². The van der Waals surface area contributed by atoms with E-state index in [0.717, 1.165) is 5.52 Å². The Morgan fingerprint density at radius 1 is 0.235 bits per heavy atom. The van der Waals surface area contributed by atoms with Crippen LogP contribution in [0, 0.1) is 41.5 Å². The van der Waals surface area contributed by atoms with E-state index in [9.17, 15) is 0 Å². The maximum Gasteiger partial charge on any atom is 0.287 e. The zero-order valence-corrected chi connectivity index (χ0v) is 90.5. The van der Waals surface area contributed by atoms with Crippen LogP contribution < -0.4 is 27.4 Å². The molecule has 19 rings (SSSR count). The first kappa shape index (κ1) is 123. The molecule has 0 saturated carbocycles. The lowest BCUT2D eigenvalue weighted by Crippen LogP contribution is -2.32. The maximum atomic E-state index is 4.46. The minimum absolute atomic E-state index is 0. The summed E-state index contributed by atoms with van der Waals surface area (Å²) in [5.41, 5.74) is 25.6. The minimum atomic E-state index is 0. The van der Waals surface area contributed by atoms with Crippen LogP contribution in [0.25, 0.3) is 141 Å². The van der Waals surface area contributed by atoms with Crippen LogP contribution in [-0.2, 0) is 42.3 Å². The van der Waals surface area contributed by atoms with Gasteiger partial charge in [-0.25, -0.2) is 13.7 Å². The predicted octanol–water partition coefficient (Wildman–Crippen LogP) is 36.1. The van der Waals surface area contributed by atoms with Crippen molar-refractivity contribution in [2.24, 2.45) is 42.3 Å². The number of fused-ring (bicyclic) bond motifs is 8. The van der Waals surface area contributed by atoms with Crippen molar-refractivity contribution in [3.8, 4) is 67.5 Å². The van der Waals surface area contributed by atoms with E-state index in [0.29, 0.717) is 0 Å². The third-order valence-electron chi connectivity index (χ3n) is 20.9. The Bertz CT molecular complexity index is 6360. The first-order valence-corrected chi connectivity index (χ1v) is 51.2. The molecule has 0 aliphatic heterocycles. The number of aromatic nitrogens is 7. The molecule has 0 bridgehead atoms. The molecule has 0 atom stereocenters. The van der Waals surface area contributed by atoms with Crippen LogP contribution in [-0.4, -0.2) is 4.98 Å². The Morgan fingerprint density at radius 2 is 0.574 bits per heavy atom. The van der Waals surface area contributed by atoms with Crippen LogP contribution >= 0.6 is 22.7 Å². The summed E-state index contributed by atoms with van der Waals surface area (Å²) < 4.78 is 17.3. The molecule has 0 saturated heterocycles. The number of hydrogen-bond acceptors (Lipinski definition) is 3. The lowest BCUT2D eigenvalue weighted by atomic mass is 10.00. The highest BCUT2D eigenvalue weighted by Gasteiger charge is 2.23. The molecule has 136 heavy (non-hydrogen) atoms. The van der Waals surface area contributed by atoms with E-state index in [-0.39, 0.29) is 14.9 Å². The minimum Gasteiger partial charge on any atom is -0.232 e. The second-order valence-electron chi connectivity index (χ2n) is 28.3. The normalized spacial score (nSPS) is 9.35. The molecule has 9 heteroatoms. The first-order chi connectivity index (χ1) is 65.6. The number of rotatable bonds is 6. The van der Waals surface area contributed by atoms with Crippen molar-refractivity contribution >= 4 is 96.3 Å². The molecule has 11 aromatic carbocycles. The number of aryl methyl sites for hydroxylation is 12. The number of thiophene rings is 2. The van der Waals surface area contributed by atoms with Crippen molar-refractivity contribution in [2.75, 3.05) is 0 Å². The van der Waals surface area contributed by atoms with Crippen molar-refractivity contribution in [3.05, 3.63) is 379 Å². The summed E-state index contributed by atoms with van der Waals surface area (Å²) in [5, 5.41) is 13.8. The zero-order valence-electron chi connectivity index (χ0n) is 88.9. The van der Waals surface area contributed by atoms with E-state index in [2.05, 4.69) is 443 Å². The average molecular weight is 1860 g/mol. The van der Waals surface area contributed by atoms with Gasteiger partial charge in [0.15, 0.2) is 30.3 Å². The fraction of sp³-hybridized carbons (Fsp3) is 0.299. The van der Waals surface area contributed by atoms with Gasteiger partial charge in [0.2, 0.25) is 34.0 Å². The van der Waals surface area contributed by atoms with Crippen molar-refractivity contribution in [3.63, 3.8) is 0 Å². The molecule has 0 spiro atoms. The van der Waals surface area contributed by atoms with Gasteiger partial charge in [0.05, 0.1) is 28.9 Å². The SMILES string of the molecule is C.C.CC.CC.CC.CC.CC.CC.CC.CC.CC.CC.CC.CC.Cc1ccccc1-c1c2ccccc2cc[n+]1C.Cc1ccccc1-c1c2ccccc2nc[n+]1C.Cc1ccccc1-c1c2sc3ccccc3c2cc[n+]1C.Cc1ccccc1-c1c2sccc2cc[n+]1C.Cc1ccccc1-c1cc2ccccc2c[n+]1C.Cc1ccccc1-c1ccc2ccccc2[n+]1C. The Hall–Kier alpha value is -12.5. The molecule has 0 aliphatic carbocycles. The molecule has 7 nitrogen and oxygen atoms in total. The number of pyridine rings is 5. The van der Waals surface area contributed by atoms with Gasteiger partial charge < -0.3 is 0 Å². The summed E-state index contributed by atoms with van der Waals surface area (Å²) in [6.45, 7) is 61.0. The first-order valence-electron chi connectivity index (χ1n) is 49.5. The zero-order chi connectivity index (χ0) is 100.